The predicted octanol–water partition coefficient (Wildman–Crippen LogP) is 2.18. The van der Waals surface area contributed by atoms with Gasteiger partial charge in [0.25, 0.3) is 5.91 Å². The third kappa shape index (κ3) is 1.74. The molecule has 0 aliphatic carbocycles. The van der Waals surface area contributed by atoms with E-state index in [0.29, 0.717) is 0 Å². The van der Waals surface area contributed by atoms with Gasteiger partial charge in [-0.25, -0.2) is 0 Å². The molecular weight excluding hydrogens is 186 g/mol. The average molecular weight is 188 g/mol. The van der Waals surface area contributed by atoms with Gasteiger partial charge in [-0.15, -0.1) is 0 Å². The lowest BCUT2D eigenvalue weighted by Gasteiger charge is -1.84. The Labute approximate surface area is 72.7 Å². The summed E-state index contributed by atoms with van der Waals surface area (Å²) in [7, 11) is 0. The Hall–Kier alpha value is -0.960. The van der Waals surface area contributed by atoms with E-state index in [9.17, 15) is 4.79 Å². The van der Waals surface area contributed by atoms with Gasteiger partial charge in [0.1, 0.15) is 5.56 Å². The summed E-state index contributed by atoms with van der Waals surface area (Å²) in [5.74, 6) is -0.543. The van der Waals surface area contributed by atoms with E-state index in [-0.39, 0.29) is 10.8 Å². The van der Waals surface area contributed by atoms with E-state index >= 15 is 0 Å². The van der Waals surface area contributed by atoms with Crippen LogP contribution in [0.4, 0.5) is 0 Å². The highest BCUT2D eigenvalue weighted by Gasteiger charge is 2.10. The van der Waals surface area contributed by atoms with E-state index in [1.807, 2.05) is 5.16 Å². The van der Waals surface area contributed by atoms with Crippen molar-refractivity contribution in [3.8, 4) is 0 Å². The van der Waals surface area contributed by atoms with Crippen LogP contribution < -0.4 is 0 Å². The number of rotatable bonds is 1. The Kier molecular flexibility index (Phi) is 2.54. The Morgan fingerprint density at radius 3 is 3.00 bits per heavy atom. The van der Waals surface area contributed by atoms with Crippen LogP contribution in [0.25, 0.3) is 0 Å². The molecule has 3 nitrogen and oxygen atoms in total. The van der Waals surface area contributed by atoms with Gasteiger partial charge in [0, 0.05) is 0 Å². The second-order valence-corrected chi connectivity index (χ2v) is 2.14. The van der Waals surface area contributed by atoms with Gasteiger partial charge < -0.3 is 4.42 Å². The molecule has 0 aliphatic rings. The van der Waals surface area contributed by atoms with Gasteiger partial charge >= 0.3 is 0 Å². The zero-order chi connectivity index (χ0) is 8.27. The maximum atomic E-state index is 10.9. The predicted molar refractivity (Wildman–Crippen MR) is 43.1 cm³/mol. The van der Waals surface area contributed by atoms with Gasteiger partial charge in [0.2, 0.25) is 5.22 Å². The SMILES string of the molecule is O=C(N=C=S)c1ccoc1Cl. The summed E-state index contributed by atoms with van der Waals surface area (Å²) in [6.07, 6.45) is 1.30. The Morgan fingerprint density at radius 2 is 2.55 bits per heavy atom. The first-order valence-corrected chi connectivity index (χ1v) is 3.39. The molecule has 0 bridgehead atoms. The number of nitrogens with zero attached hydrogens (tertiary/aromatic N) is 1. The van der Waals surface area contributed by atoms with Crippen LogP contribution in [0.1, 0.15) is 10.4 Å². The molecule has 0 saturated heterocycles. The second kappa shape index (κ2) is 3.44. The summed E-state index contributed by atoms with van der Waals surface area (Å²) in [6.45, 7) is 0. The Bertz CT molecular complexity index is 327. The number of carbonyl (C=O) groups is 1. The average Bonchev–Trinajstić information content (AvgIpc) is 2.36. The van der Waals surface area contributed by atoms with Crippen molar-refractivity contribution in [2.45, 2.75) is 0 Å². The normalized spacial score (nSPS) is 8.82. The first-order chi connectivity index (χ1) is 5.25. The van der Waals surface area contributed by atoms with Crippen molar-refractivity contribution >= 4 is 34.9 Å². The van der Waals surface area contributed by atoms with Crippen molar-refractivity contribution < 1.29 is 9.21 Å². The number of aliphatic imine (C=N–C) groups is 1. The topological polar surface area (TPSA) is 42.6 Å². The summed E-state index contributed by atoms with van der Waals surface area (Å²) < 4.78 is 4.65. The van der Waals surface area contributed by atoms with Crippen molar-refractivity contribution in [3.05, 3.63) is 23.1 Å². The van der Waals surface area contributed by atoms with Gasteiger partial charge in [-0.2, -0.15) is 4.99 Å². The van der Waals surface area contributed by atoms with Gasteiger partial charge in [0.15, 0.2) is 0 Å². The summed E-state index contributed by atoms with van der Waals surface area (Å²) in [6, 6.07) is 1.42. The number of furan rings is 1. The van der Waals surface area contributed by atoms with Gasteiger partial charge in [-0.05, 0) is 29.9 Å². The maximum Gasteiger partial charge on any atom is 0.290 e. The minimum atomic E-state index is -0.543. The fourth-order valence-corrected chi connectivity index (χ4v) is 0.826. The van der Waals surface area contributed by atoms with Gasteiger partial charge in [0.05, 0.1) is 11.4 Å². The number of thiocarbonyl (C=S) groups is 1. The second-order valence-electron chi connectivity index (χ2n) is 1.62. The minimum Gasteiger partial charge on any atom is -0.452 e. The number of carbonyl (C=O) groups excluding carboxylic acids is 1. The van der Waals surface area contributed by atoms with Crippen LogP contribution in [-0.4, -0.2) is 11.1 Å². The first-order valence-electron chi connectivity index (χ1n) is 2.61. The zero-order valence-electron chi connectivity index (χ0n) is 5.20. The lowest BCUT2D eigenvalue weighted by atomic mass is 10.3. The highest BCUT2D eigenvalue weighted by Crippen LogP contribution is 2.16. The minimum absolute atomic E-state index is 0.0176. The molecule has 11 heavy (non-hydrogen) atoms. The summed E-state index contributed by atoms with van der Waals surface area (Å²) in [5.41, 5.74) is 0.198. The van der Waals surface area contributed by atoms with Crippen LogP contribution in [0.2, 0.25) is 5.22 Å². The number of halogens is 1. The first kappa shape index (κ1) is 8.14. The monoisotopic (exact) mass is 187 g/mol. The number of isothiocyanates is 1. The lowest BCUT2D eigenvalue weighted by Crippen LogP contribution is -1.90. The van der Waals surface area contributed by atoms with Crippen LogP contribution in [0.3, 0.4) is 0 Å². The van der Waals surface area contributed by atoms with E-state index in [1.165, 1.54) is 12.3 Å². The van der Waals surface area contributed by atoms with Crippen molar-refractivity contribution in [1.82, 2.24) is 0 Å². The lowest BCUT2D eigenvalue weighted by molar-refractivity contribution is 0.100. The fourth-order valence-electron chi connectivity index (χ4n) is 0.548. The molecule has 0 N–H and O–H groups in total. The van der Waals surface area contributed by atoms with E-state index < -0.39 is 5.91 Å². The highest BCUT2D eigenvalue weighted by molar-refractivity contribution is 7.78. The fraction of sp³-hybridized carbons (Fsp3) is 0. The van der Waals surface area contributed by atoms with E-state index in [1.54, 1.807) is 0 Å². The van der Waals surface area contributed by atoms with Gasteiger partial charge in [-0.1, -0.05) is 0 Å². The molecule has 0 fully saturated rings. The molecule has 0 unspecified atom stereocenters. The van der Waals surface area contributed by atoms with Crippen LogP contribution in [0.15, 0.2) is 21.7 Å². The molecular formula is C6H2ClNO2S. The summed E-state index contributed by atoms with van der Waals surface area (Å²) >= 11 is 9.70. The quantitative estimate of drug-likeness (QED) is 0.500. The number of amides is 1. The third-order valence-electron chi connectivity index (χ3n) is 0.996. The molecule has 0 spiro atoms. The molecule has 1 amide bonds. The van der Waals surface area contributed by atoms with Crippen LogP contribution in [-0.2, 0) is 0 Å². The standard InChI is InChI=1S/C6H2ClNO2S/c7-5-4(1-2-10-5)6(9)8-3-11/h1-2H. The molecule has 0 radical (unpaired) electrons. The number of hydrogen-bond donors (Lipinski definition) is 0. The molecule has 0 aromatic carbocycles. The van der Waals surface area contributed by atoms with Gasteiger partial charge in [-0.3, -0.25) is 4.79 Å². The Morgan fingerprint density at radius 1 is 1.82 bits per heavy atom. The van der Waals surface area contributed by atoms with Crippen LogP contribution in [0, 0.1) is 0 Å². The molecule has 1 heterocycles. The number of hydrogen-bond acceptors (Lipinski definition) is 3. The summed E-state index contributed by atoms with van der Waals surface area (Å²) in [5, 5.41) is 1.96. The molecule has 0 atom stereocenters. The smallest absolute Gasteiger partial charge is 0.290 e. The van der Waals surface area contributed by atoms with E-state index in [4.69, 9.17) is 11.6 Å². The molecule has 56 valence electrons. The Balaban J connectivity index is 3.02. The largest absolute Gasteiger partial charge is 0.452 e. The van der Waals surface area contributed by atoms with Crippen molar-refractivity contribution in [3.63, 3.8) is 0 Å². The molecule has 1 aromatic heterocycles. The van der Waals surface area contributed by atoms with E-state index in [0.717, 1.165) is 0 Å². The van der Waals surface area contributed by atoms with Crippen molar-refractivity contribution in [2.24, 2.45) is 4.99 Å². The maximum absolute atomic E-state index is 10.9. The van der Waals surface area contributed by atoms with Crippen LogP contribution >= 0.6 is 23.8 Å². The van der Waals surface area contributed by atoms with Crippen molar-refractivity contribution in [2.75, 3.05) is 0 Å². The molecule has 1 aromatic rings. The zero-order valence-corrected chi connectivity index (χ0v) is 6.78. The van der Waals surface area contributed by atoms with Crippen LogP contribution in [0.5, 0.6) is 0 Å². The molecule has 0 aliphatic heterocycles. The third-order valence-corrected chi connectivity index (χ3v) is 1.38. The molecule has 0 saturated carbocycles. The highest BCUT2D eigenvalue weighted by atomic mass is 35.5. The summed E-state index contributed by atoms with van der Waals surface area (Å²) in [4.78, 5) is 14.1. The molecule has 1 rings (SSSR count). The molecule has 5 heteroatoms. The van der Waals surface area contributed by atoms with Crippen molar-refractivity contribution in [1.29, 1.82) is 0 Å². The van der Waals surface area contributed by atoms with E-state index in [2.05, 4.69) is 21.6 Å².